The molecule has 2 aliphatic rings. The summed E-state index contributed by atoms with van der Waals surface area (Å²) < 4.78 is 23.0. The first-order valence-corrected chi connectivity index (χ1v) is 12.2. The molecule has 0 unspecified atom stereocenters. The molecule has 0 bridgehead atoms. The third-order valence-electron chi connectivity index (χ3n) is 7.27. The standard InChI is InChI=1S/C29H30O8/c1-15(31)36-14-23-20-6-5-19-22(29(20)37-28(23)17-4-7-24(33)25(11-17)34-2)10-16(8-9-30)21-12-18(32)13-26(35-3)27(19)21/h4-7,11-13,16,23,28,30,32-33H,8-10,14H2,1-3H3/t16-,23-,28-/m1/s1. The SMILES string of the molecule is COc1cc([C@H]2Oc3c(ccc4c3C[C@@H](CCO)c3cc(O)cc(OC)c3-4)[C@H]2COC(C)=O)ccc1O. The number of carbonyl (C=O) groups is 1. The lowest BCUT2D eigenvalue weighted by molar-refractivity contribution is -0.141. The van der Waals surface area contributed by atoms with Crippen molar-refractivity contribution < 1.29 is 39.1 Å². The number of phenolic OH excluding ortho intramolecular Hbond substituents is 2. The molecule has 3 aromatic rings. The normalized spacial score (nSPS) is 19.3. The Balaban J connectivity index is 1.66. The van der Waals surface area contributed by atoms with Crippen LogP contribution < -0.4 is 14.2 Å². The molecule has 0 radical (unpaired) electrons. The number of phenols is 2. The number of ether oxygens (including phenoxy) is 4. The first-order chi connectivity index (χ1) is 17.9. The molecule has 0 amide bonds. The van der Waals surface area contributed by atoms with E-state index in [4.69, 9.17) is 18.9 Å². The summed E-state index contributed by atoms with van der Waals surface area (Å²) >= 11 is 0. The molecule has 194 valence electrons. The van der Waals surface area contributed by atoms with Gasteiger partial charge in [0, 0.05) is 36.3 Å². The summed E-state index contributed by atoms with van der Waals surface area (Å²) in [6.45, 7) is 1.50. The van der Waals surface area contributed by atoms with Gasteiger partial charge in [-0.3, -0.25) is 4.79 Å². The van der Waals surface area contributed by atoms with Crippen LogP contribution in [0.3, 0.4) is 0 Å². The molecule has 5 rings (SSSR count). The number of methoxy groups -OCH3 is 2. The van der Waals surface area contributed by atoms with E-state index in [0.717, 1.165) is 39.1 Å². The second-order valence-electron chi connectivity index (χ2n) is 9.41. The molecule has 8 heteroatoms. The van der Waals surface area contributed by atoms with E-state index < -0.39 is 6.10 Å². The molecule has 1 aliphatic carbocycles. The van der Waals surface area contributed by atoms with Gasteiger partial charge in [-0.1, -0.05) is 18.2 Å². The molecule has 0 saturated carbocycles. The zero-order valence-corrected chi connectivity index (χ0v) is 21.0. The van der Waals surface area contributed by atoms with E-state index >= 15 is 0 Å². The monoisotopic (exact) mass is 506 g/mol. The fraction of sp³-hybridized carbons (Fsp3) is 0.345. The number of hydrogen-bond donors (Lipinski definition) is 3. The molecule has 3 aromatic carbocycles. The van der Waals surface area contributed by atoms with E-state index in [1.54, 1.807) is 37.4 Å². The van der Waals surface area contributed by atoms with Gasteiger partial charge >= 0.3 is 5.97 Å². The zero-order chi connectivity index (χ0) is 26.3. The fourth-order valence-electron chi connectivity index (χ4n) is 5.60. The third kappa shape index (κ3) is 4.31. The first-order valence-electron chi connectivity index (χ1n) is 12.2. The molecular weight excluding hydrogens is 476 g/mol. The lowest BCUT2D eigenvalue weighted by Gasteiger charge is -2.30. The largest absolute Gasteiger partial charge is 0.508 e. The molecule has 37 heavy (non-hydrogen) atoms. The number of aromatic hydroxyl groups is 2. The molecule has 1 aliphatic heterocycles. The second-order valence-corrected chi connectivity index (χ2v) is 9.41. The van der Waals surface area contributed by atoms with Crippen LogP contribution in [0.15, 0.2) is 42.5 Å². The van der Waals surface area contributed by atoms with Gasteiger partial charge in [0.2, 0.25) is 0 Å². The highest BCUT2D eigenvalue weighted by molar-refractivity contribution is 5.83. The van der Waals surface area contributed by atoms with Gasteiger partial charge < -0.3 is 34.3 Å². The van der Waals surface area contributed by atoms with Crippen LogP contribution in [0.1, 0.15) is 53.5 Å². The summed E-state index contributed by atoms with van der Waals surface area (Å²) in [7, 11) is 3.05. The van der Waals surface area contributed by atoms with Crippen LogP contribution in [-0.2, 0) is 16.0 Å². The van der Waals surface area contributed by atoms with E-state index in [2.05, 4.69) is 0 Å². The van der Waals surface area contributed by atoms with Gasteiger partial charge in [-0.2, -0.15) is 0 Å². The Morgan fingerprint density at radius 1 is 1.03 bits per heavy atom. The van der Waals surface area contributed by atoms with Gasteiger partial charge in [-0.15, -0.1) is 0 Å². The van der Waals surface area contributed by atoms with Crippen molar-refractivity contribution in [3.8, 4) is 39.9 Å². The number of fused-ring (bicyclic) bond motifs is 5. The Hall–Kier alpha value is -3.91. The van der Waals surface area contributed by atoms with Crippen LogP contribution in [0.4, 0.5) is 0 Å². The number of hydrogen-bond acceptors (Lipinski definition) is 8. The van der Waals surface area contributed by atoms with Crippen LogP contribution in [0.5, 0.6) is 28.7 Å². The predicted octanol–water partition coefficient (Wildman–Crippen LogP) is 4.58. The van der Waals surface area contributed by atoms with Gasteiger partial charge in [0.1, 0.15) is 30.0 Å². The van der Waals surface area contributed by atoms with Crippen LogP contribution in [0.2, 0.25) is 0 Å². The summed E-state index contributed by atoms with van der Waals surface area (Å²) in [5.41, 5.74) is 5.41. The van der Waals surface area contributed by atoms with E-state index in [1.165, 1.54) is 14.0 Å². The topological polar surface area (TPSA) is 115 Å². The van der Waals surface area contributed by atoms with Crippen LogP contribution in [0.25, 0.3) is 11.1 Å². The maximum absolute atomic E-state index is 11.7. The summed E-state index contributed by atoms with van der Waals surface area (Å²) in [5, 5.41) is 30.2. The number of carbonyl (C=O) groups excluding carboxylic acids is 1. The average Bonchev–Trinajstić information content (AvgIpc) is 3.26. The quantitative estimate of drug-likeness (QED) is 0.399. The molecule has 3 N–H and O–H groups in total. The third-order valence-corrected chi connectivity index (χ3v) is 7.27. The summed E-state index contributed by atoms with van der Waals surface area (Å²) in [5.74, 6) is 1.02. The molecule has 3 atom stereocenters. The van der Waals surface area contributed by atoms with Crippen molar-refractivity contribution in [2.24, 2.45) is 0 Å². The first kappa shape index (κ1) is 24.8. The minimum absolute atomic E-state index is 0.00169. The predicted molar refractivity (Wildman–Crippen MR) is 136 cm³/mol. The Bertz CT molecular complexity index is 1350. The number of esters is 1. The minimum atomic E-state index is -0.477. The fourth-order valence-corrected chi connectivity index (χ4v) is 5.60. The highest BCUT2D eigenvalue weighted by Crippen LogP contribution is 2.55. The lowest BCUT2D eigenvalue weighted by atomic mass is 9.75. The zero-order valence-electron chi connectivity index (χ0n) is 21.0. The van der Waals surface area contributed by atoms with Gasteiger partial charge in [0.15, 0.2) is 11.5 Å². The number of benzene rings is 3. The average molecular weight is 507 g/mol. The minimum Gasteiger partial charge on any atom is -0.508 e. The van der Waals surface area contributed by atoms with Gasteiger partial charge in [-0.05, 0) is 53.6 Å². The molecule has 1 heterocycles. The van der Waals surface area contributed by atoms with Gasteiger partial charge in [-0.25, -0.2) is 0 Å². The van der Waals surface area contributed by atoms with Crippen molar-refractivity contribution in [1.82, 2.24) is 0 Å². The molecule has 0 fully saturated rings. The van der Waals surface area contributed by atoms with E-state index in [9.17, 15) is 20.1 Å². The Morgan fingerprint density at radius 3 is 2.51 bits per heavy atom. The second kappa shape index (κ2) is 9.86. The summed E-state index contributed by atoms with van der Waals surface area (Å²) in [6.07, 6.45) is 0.637. The lowest BCUT2D eigenvalue weighted by Crippen LogP contribution is -2.17. The van der Waals surface area contributed by atoms with E-state index in [0.29, 0.717) is 24.3 Å². The highest BCUT2D eigenvalue weighted by atomic mass is 16.5. The van der Waals surface area contributed by atoms with E-state index in [1.807, 2.05) is 12.1 Å². The van der Waals surface area contributed by atoms with Crippen molar-refractivity contribution in [2.75, 3.05) is 27.4 Å². The van der Waals surface area contributed by atoms with Crippen LogP contribution >= 0.6 is 0 Å². The number of aliphatic hydroxyl groups excluding tert-OH is 1. The Morgan fingerprint density at radius 2 is 1.81 bits per heavy atom. The van der Waals surface area contributed by atoms with Crippen molar-refractivity contribution >= 4 is 5.97 Å². The molecule has 0 aromatic heterocycles. The molecule has 0 saturated heterocycles. The molecule has 0 spiro atoms. The highest BCUT2D eigenvalue weighted by Gasteiger charge is 2.41. The summed E-state index contributed by atoms with van der Waals surface area (Å²) in [4.78, 5) is 11.7. The maximum atomic E-state index is 11.7. The van der Waals surface area contributed by atoms with Crippen molar-refractivity contribution in [2.45, 2.75) is 37.7 Å². The van der Waals surface area contributed by atoms with Crippen molar-refractivity contribution in [1.29, 1.82) is 0 Å². The smallest absolute Gasteiger partial charge is 0.302 e. The van der Waals surface area contributed by atoms with Gasteiger partial charge in [0.05, 0.1) is 20.1 Å². The van der Waals surface area contributed by atoms with E-state index in [-0.39, 0.29) is 42.5 Å². The number of aliphatic hydroxyl groups is 1. The maximum Gasteiger partial charge on any atom is 0.302 e. The van der Waals surface area contributed by atoms with Crippen LogP contribution in [-0.4, -0.2) is 48.7 Å². The molecule has 8 nitrogen and oxygen atoms in total. The Labute approximate surface area is 215 Å². The Kier molecular flexibility index (Phi) is 6.60. The summed E-state index contributed by atoms with van der Waals surface area (Å²) in [6, 6.07) is 12.4. The van der Waals surface area contributed by atoms with Crippen molar-refractivity contribution in [3.05, 3.63) is 64.7 Å². The van der Waals surface area contributed by atoms with Gasteiger partial charge in [0.25, 0.3) is 0 Å². The number of rotatable bonds is 7. The van der Waals surface area contributed by atoms with Crippen LogP contribution in [0, 0.1) is 0 Å². The van der Waals surface area contributed by atoms with Crippen molar-refractivity contribution in [3.63, 3.8) is 0 Å². The molecular formula is C29H30O8.